The zero-order valence-electron chi connectivity index (χ0n) is 15.0. The molecule has 1 aliphatic rings. The van der Waals surface area contributed by atoms with Crippen molar-refractivity contribution >= 4 is 34.6 Å². The summed E-state index contributed by atoms with van der Waals surface area (Å²) in [6, 6.07) is 11.5. The van der Waals surface area contributed by atoms with E-state index < -0.39 is 0 Å². The third-order valence-corrected chi connectivity index (χ3v) is 5.47. The highest BCUT2D eigenvalue weighted by molar-refractivity contribution is 7.80. The lowest BCUT2D eigenvalue weighted by molar-refractivity contribution is -0.898. The summed E-state index contributed by atoms with van der Waals surface area (Å²) < 4.78 is 5.54. The van der Waals surface area contributed by atoms with Crippen LogP contribution in [-0.4, -0.2) is 36.2 Å². The van der Waals surface area contributed by atoms with Gasteiger partial charge in [-0.3, -0.25) is 0 Å². The van der Waals surface area contributed by atoms with Crippen molar-refractivity contribution in [3.63, 3.8) is 0 Å². The van der Waals surface area contributed by atoms with Crippen LogP contribution in [0.1, 0.15) is 31.4 Å². The first-order valence-electron chi connectivity index (χ1n) is 9.38. The summed E-state index contributed by atoms with van der Waals surface area (Å²) in [6.45, 7) is 5.23. The van der Waals surface area contributed by atoms with Crippen molar-refractivity contribution in [1.82, 2.24) is 4.90 Å². The normalized spacial score (nSPS) is 15.4. The maximum atomic E-state index is 5.97. The molecule has 0 spiro atoms. The Morgan fingerprint density at radius 3 is 2.50 bits per heavy atom. The van der Waals surface area contributed by atoms with Crippen LogP contribution in [0.5, 0.6) is 0 Å². The average molecular weight is 393 g/mol. The van der Waals surface area contributed by atoms with Gasteiger partial charge in [-0.2, -0.15) is 0 Å². The molecule has 0 aliphatic carbocycles. The molecule has 1 fully saturated rings. The van der Waals surface area contributed by atoms with E-state index >= 15 is 0 Å². The highest BCUT2D eigenvalue weighted by Crippen LogP contribution is 2.15. The molecular formula is C20H27ClN3OS+. The molecule has 2 aromatic rings. The molecule has 1 aromatic heterocycles. The second-order valence-corrected chi connectivity index (χ2v) is 7.68. The third-order valence-electron chi connectivity index (χ3n) is 4.86. The Labute approximate surface area is 166 Å². The number of nitrogens with one attached hydrogen (secondary N) is 2. The van der Waals surface area contributed by atoms with E-state index in [0.29, 0.717) is 6.54 Å². The van der Waals surface area contributed by atoms with Crippen molar-refractivity contribution < 1.29 is 9.32 Å². The van der Waals surface area contributed by atoms with Gasteiger partial charge in [0.25, 0.3) is 0 Å². The predicted molar refractivity (Wildman–Crippen MR) is 111 cm³/mol. The number of furan rings is 1. The highest BCUT2D eigenvalue weighted by atomic mass is 35.5. The zero-order chi connectivity index (χ0) is 18.2. The number of benzene rings is 1. The van der Waals surface area contributed by atoms with Crippen LogP contribution in [0.2, 0.25) is 5.02 Å². The Kier molecular flexibility index (Phi) is 7.35. The number of hydrogen-bond acceptors (Lipinski definition) is 2. The third kappa shape index (κ3) is 6.01. The van der Waals surface area contributed by atoms with Crippen LogP contribution < -0.4 is 10.2 Å². The minimum absolute atomic E-state index is 0.680. The lowest BCUT2D eigenvalue weighted by atomic mass is 10.2. The summed E-state index contributed by atoms with van der Waals surface area (Å²) in [7, 11) is 0. The van der Waals surface area contributed by atoms with Crippen molar-refractivity contribution in [2.24, 2.45) is 0 Å². The molecule has 4 nitrogen and oxygen atoms in total. The van der Waals surface area contributed by atoms with Crippen LogP contribution in [-0.2, 0) is 6.54 Å². The number of anilines is 1. The topological polar surface area (TPSA) is 32.9 Å². The summed E-state index contributed by atoms with van der Waals surface area (Å²) in [6.07, 6.45) is 7.12. The Balaban J connectivity index is 1.61. The minimum Gasteiger partial charge on any atom is -0.467 e. The lowest BCUT2D eigenvalue weighted by Gasteiger charge is -2.27. The van der Waals surface area contributed by atoms with Crippen LogP contribution in [0.3, 0.4) is 0 Å². The maximum Gasteiger partial charge on any atom is 0.174 e. The van der Waals surface area contributed by atoms with E-state index in [1.807, 2.05) is 36.4 Å². The van der Waals surface area contributed by atoms with Crippen LogP contribution in [0.4, 0.5) is 5.69 Å². The number of thiocarbonyl (C=S) groups is 1. The minimum atomic E-state index is 0.680. The van der Waals surface area contributed by atoms with E-state index in [1.165, 1.54) is 38.8 Å². The summed E-state index contributed by atoms with van der Waals surface area (Å²) in [4.78, 5) is 3.88. The first-order valence-corrected chi connectivity index (χ1v) is 10.2. The smallest absolute Gasteiger partial charge is 0.174 e. The van der Waals surface area contributed by atoms with Crippen LogP contribution in [0.15, 0.2) is 47.1 Å². The quantitative estimate of drug-likeness (QED) is 0.736. The molecule has 0 unspecified atom stereocenters. The molecule has 140 valence electrons. The van der Waals surface area contributed by atoms with Crippen molar-refractivity contribution in [3.8, 4) is 0 Å². The fraction of sp³-hybridized carbons (Fsp3) is 0.450. The van der Waals surface area contributed by atoms with Crippen molar-refractivity contribution in [1.29, 1.82) is 0 Å². The van der Waals surface area contributed by atoms with Gasteiger partial charge in [-0.1, -0.05) is 11.6 Å². The molecule has 2 heterocycles. The van der Waals surface area contributed by atoms with E-state index in [2.05, 4.69) is 10.2 Å². The van der Waals surface area contributed by atoms with Crippen molar-refractivity contribution in [3.05, 3.63) is 53.4 Å². The SMILES string of the molecule is S=C(Nc1ccc(Cl)cc1)N(CC[NH+]1CCCCCC1)Cc1ccco1. The number of nitrogens with zero attached hydrogens (tertiary/aromatic N) is 1. The van der Waals surface area contributed by atoms with E-state index in [-0.39, 0.29) is 0 Å². The van der Waals surface area contributed by atoms with E-state index in [4.69, 9.17) is 28.2 Å². The molecule has 0 radical (unpaired) electrons. The van der Waals surface area contributed by atoms with Crippen molar-refractivity contribution in [2.45, 2.75) is 32.2 Å². The number of halogens is 1. The Hall–Kier alpha value is -1.56. The molecule has 1 aliphatic heterocycles. The predicted octanol–water partition coefficient (Wildman–Crippen LogP) is 3.59. The molecule has 0 atom stereocenters. The van der Waals surface area contributed by atoms with Gasteiger partial charge < -0.3 is 19.5 Å². The molecule has 3 rings (SSSR count). The Bertz CT molecular complexity index is 667. The molecule has 26 heavy (non-hydrogen) atoms. The number of quaternary nitrogens is 1. The van der Waals surface area contributed by atoms with Gasteiger partial charge in [-0.25, -0.2) is 0 Å². The summed E-state index contributed by atoms with van der Waals surface area (Å²) in [5.74, 6) is 0.927. The van der Waals surface area contributed by atoms with Crippen molar-refractivity contribution in [2.75, 3.05) is 31.5 Å². The molecule has 1 aromatic carbocycles. The number of likely N-dealkylation sites (tertiary alicyclic amines) is 1. The van der Waals surface area contributed by atoms with Gasteiger partial charge in [0.05, 0.1) is 39.0 Å². The maximum absolute atomic E-state index is 5.97. The standard InChI is InChI=1S/C20H26ClN3OS/c21-17-7-9-18(10-8-17)22-20(26)24(16-19-6-5-15-25-19)14-13-23-11-3-1-2-4-12-23/h5-10,15H,1-4,11-14,16H2,(H,22,26)/p+1. The summed E-state index contributed by atoms with van der Waals surface area (Å²) in [5, 5.41) is 4.77. The van der Waals surface area contributed by atoms with Crippen LogP contribution >= 0.6 is 23.8 Å². The average Bonchev–Trinajstić information content (AvgIpc) is 3.02. The molecular weight excluding hydrogens is 366 g/mol. The Morgan fingerprint density at radius 1 is 1.12 bits per heavy atom. The van der Waals surface area contributed by atoms with Gasteiger partial charge in [-0.05, 0) is 74.3 Å². The van der Waals surface area contributed by atoms with Crippen LogP contribution in [0.25, 0.3) is 0 Å². The van der Waals surface area contributed by atoms with Gasteiger partial charge in [0, 0.05) is 10.7 Å². The van der Waals surface area contributed by atoms with Crippen LogP contribution in [0, 0.1) is 0 Å². The first-order chi connectivity index (χ1) is 12.7. The second-order valence-electron chi connectivity index (χ2n) is 6.85. The molecule has 2 N–H and O–H groups in total. The second kappa shape index (κ2) is 9.95. The number of rotatable bonds is 6. The van der Waals surface area contributed by atoms with E-state index in [9.17, 15) is 0 Å². The lowest BCUT2D eigenvalue weighted by Crippen LogP contribution is -3.12. The molecule has 0 amide bonds. The fourth-order valence-corrected chi connectivity index (χ4v) is 3.75. The fourth-order valence-electron chi connectivity index (χ4n) is 3.35. The van der Waals surface area contributed by atoms with Gasteiger partial charge in [0.15, 0.2) is 5.11 Å². The summed E-state index contributed by atoms with van der Waals surface area (Å²) >= 11 is 11.7. The molecule has 1 saturated heterocycles. The van der Waals surface area contributed by atoms with E-state index in [1.54, 1.807) is 11.2 Å². The molecule has 0 bridgehead atoms. The van der Waals surface area contributed by atoms with Gasteiger partial charge in [0.1, 0.15) is 5.76 Å². The molecule has 0 saturated carbocycles. The number of hydrogen-bond donors (Lipinski definition) is 2. The Morgan fingerprint density at radius 2 is 1.85 bits per heavy atom. The largest absolute Gasteiger partial charge is 0.467 e. The van der Waals surface area contributed by atoms with E-state index in [0.717, 1.165) is 34.7 Å². The van der Waals surface area contributed by atoms with Gasteiger partial charge >= 0.3 is 0 Å². The first kappa shape index (κ1) is 19.2. The zero-order valence-corrected chi connectivity index (χ0v) is 16.6. The van der Waals surface area contributed by atoms with Gasteiger partial charge in [0.2, 0.25) is 0 Å². The monoisotopic (exact) mass is 392 g/mol. The van der Waals surface area contributed by atoms with Gasteiger partial charge in [-0.15, -0.1) is 0 Å². The highest BCUT2D eigenvalue weighted by Gasteiger charge is 2.17. The molecule has 6 heteroatoms. The summed E-state index contributed by atoms with van der Waals surface area (Å²) in [5.41, 5.74) is 0.950.